The van der Waals surface area contributed by atoms with Gasteiger partial charge < -0.3 is 20.5 Å². The molecule has 0 saturated carbocycles. The molecule has 1 amide bonds. The van der Waals surface area contributed by atoms with Crippen molar-refractivity contribution in [3.63, 3.8) is 0 Å². The van der Waals surface area contributed by atoms with Crippen LogP contribution in [0.25, 0.3) is 5.76 Å². The highest BCUT2D eigenvalue weighted by Crippen LogP contribution is 2.41. The highest BCUT2D eigenvalue weighted by atomic mass is 32.1. The van der Waals surface area contributed by atoms with Gasteiger partial charge in [-0.15, -0.1) is 11.3 Å². The highest BCUT2D eigenvalue weighted by molar-refractivity contribution is 7.10. The van der Waals surface area contributed by atoms with E-state index in [-0.39, 0.29) is 11.3 Å². The first-order chi connectivity index (χ1) is 12.6. The molecule has 26 heavy (non-hydrogen) atoms. The molecule has 0 bridgehead atoms. The molecule has 2 aromatic rings. The molecule has 7 heteroatoms. The number of aliphatic hydroxyl groups excluding tert-OH is 1. The summed E-state index contributed by atoms with van der Waals surface area (Å²) in [5.41, 5.74) is 6.14. The Morgan fingerprint density at radius 1 is 1.27 bits per heavy atom. The molecule has 1 aromatic carbocycles. The Balaban J connectivity index is 2.09. The van der Waals surface area contributed by atoms with Gasteiger partial charge in [0.1, 0.15) is 11.5 Å². The van der Waals surface area contributed by atoms with Crippen LogP contribution in [-0.2, 0) is 9.59 Å². The highest BCUT2D eigenvalue weighted by Gasteiger charge is 2.46. The molecule has 0 spiro atoms. The molecule has 1 fully saturated rings. The van der Waals surface area contributed by atoms with Crippen molar-refractivity contribution < 1.29 is 19.4 Å². The fraction of sp³-hybridized carbons (Fsp3) is 0.263. The van der Waals surface area contributed by atoms with Gasteiger partial charge in [-0.2, -0.15) is 0 Å². The van der Waals surface area contributed by atoms with E-state index in [9.17, 15) is 14.7 Å². The van der Waals surface area contributed by atoms with Crippen LogP contribution < -0.4 is 10.5 Å². The van der Waals surface area contributed by atoms with Crippen molar-refractivity contribution in [3.8, 4) is 5.75 Å². The van der Waals surface area contributed by atoms with E-state index in [0.29, 0.717) is 30.8 Å². The number of hydrogen-bond acceptors (Lipinski definition) is 6. The van der Waals surface area contributed by atoms with E-state index in [1.54, 1.807) is 31.4 Å². The van der Waals surface area contributed by atoms with E-state index >= 15 is 0 Å². The maximum absolute atomic E-state index is 12.7. The van der Waals surface area contributed by atoms with Crippen molar-refractivity contribution in [1.29, 1.82) is 0 Å². The second-order valence-electron chi connectivity index (χ2n) is 5.88. The standard InChI is InChI=1S/C19H20N2O4S/c1-25-13-7-5-12(6-8-13)17(22)15-16(14-4-2-11-26-14)21(10-3-9-20)19(24)18(15)23/h2,4-8,11,16,22H,3,9-10,20H2,1H3/b17-15+. The summed E-state index contributed by atoms with van der Waals surface area (Å²) in [7, 11) is 1.55. The van der Waals surface area contributed by atoms with Gasteiger partial charge in [-0.25, -0.2) is 0 Å². The number of carbonyl (C=O) groups is 2. The van der Waals surface area contributed by atoms with E-state index in [0.717, 1.165) is 4.88 Å². The van der Waals surface area contributed by atoms with Crippen LogP contribution in [0.5, 0.6) is 5.75 Å². The number of nitrogens with zero attached hydrogens (tertiary/aromatic N) is 1. The fourth-order valence-electron chi connectivity index (χ4n) is 3.02. The van der Waals surface area contributed by atoms with E-state index in [2.05, 4.69) is 0 Å². The van der Waals surface area contributed by atoms with Gasteiger partial charge in [0.2, 0.25) is 0 Å². The number of thiophene rings is 1. The Hall–Kier alpha value is -2.64. The minimum atomic E-state index is -0.672. The minimum absolute atomic E-state index is 0.111. The summed E-state index contributed by atoms with van der Waals surface area (Å²) in [4.78, 5) is 27.5. The monoisotopic (exact) mass is 372 g/mol. The van der Waals surface area contributed by atoms with Gasteiger partial charge in [0, 0.05) is 17.0 Å². The summed E-state index contributed by atoms with van der Waals surface area (Å²) in [5.74, 6) is -0.819. The number of nitrogens with two attached hydrogens (primary N) is 1. The van der Waals surface area contributed by atoms with Crippen LogP contribution in [-0.4, -0.2) is 41.9 Å². The van der Waals surface area contributed by atoms with Gasteiger partial charge in [-0.05, 0) is 48.7 Å². The first-order valence-electron chi connectivity index (χ1n) is 8.24. The summed E-state index contributed by atoms with van der Waals surface area (Å²) in [5, 5.41) is 12.7. The summed E-state index contributed by atoms with van der Waals surface area (Å²) in [6, 6.07) is 9.83. The summed E-state index contributed by atoms with van der Waals surface area (Å²) >= 11 is 1.44. The topological polar surface area (TPSA) is 92.9 Å². The maximum atomic E-state index is 12.7. The van der Waals surface area contributed by atoms with Crippen LogP contribution in [0.15, 0.2) is 47.4 Å². The quantitative estimate of drug-likeness (QED) is 0.462. The SMILES string of the molecule is COc1ccc(/C(O)=C2\C(=O)C(=O)N(CCCN)C2c2cccs2)cc1. The lowest BCUT2D eigenvalue weighted by atomic mass is 10.00. The van der Waals surface area contributed by atoms with Crippen LogP contribution >= 0.6 is 11.3 Å². The third-order valence-corrected chi connectivity index (χ3v) is 5.24. The lowest BCUT2D eigenvalue weighted by Crippen LogP contribution is -2.31. The first kappa shape index (κ1) is 18.2. The fourth-order valence-corrected chi connectivity index (χ4v) is 3.86. The number of rotatable bonds is 6. The van der Waals surface area contributed by atoms with Gasteiger partial charge in [0.15, 0.2) is 0 Å². The van der Waals surface area contributed by atoms with E-state index in [4.69, 9.17) is 10.5 Å². The van der Waals surface area contributed by atoms with Gasteiger partial charge in [0.05, 0.1) is 18.7 Å². The van der Waals surface area contributed by atoms with Crippen LogP contribution in [0.1, 0.15) is 22.9 Å². The molecule has 1 aliphatic heterocycles. The molecule has 136 valence electrons. The average Bonchev–Trinajstić information content (AvgIpc) is 3.27. The van der Waals surface area contributed by atoms with Crippen molar-refractivity contribution in [2.45, 2.75) is 12.5 Å². The minimum Gasteiger partial charge on any atom is -0.507 e. The zero-order valence-electron chi connectivity index (χ0n) is 14.3. The number of Topliss-reactive ketones (excluding diaryl/α,β-unsaturated/α-hetero) is 1. The molecular formula is C19H20N2O4S. The van der Waals surface area contributed by atoms with Crippen LogP contribution in [0.4, 0.5) is 0 Å². The second kappa shape index (κ2) is 7.72. The molecule has 1 aliphatic rings. The average molecular weight is 372 g/mol. The smallest absolute Gasteiger partial charge is 0.295 e. The molecule has 0 aliphatic carbocycles. The van der Waals surface area contributed by atoms with Crippen LogP contribution in [0.2, 0.25) is 0 Å². The number of benzene rings is 1. The lowest BCUT2D eigenvalue weighted by Gasteiger charge is -2.23. The first-order valence-corrected chi connectivity index (χ1v) is 9.12. The molecule has 1 unspecified atom stereocenters. The molecule has 1 atom stereocenters. The molecule has 3 rings (SSSR count). The Kier molecular flexibility index (Phi) is 5.39. The molecule has 1 aromatic heterocycles. The number of amides is 1. The van der Waals surface area contributed by atoms with Crippen LogP contribution in [0, 0.1) is 0 Å². The van der Waals surface area contributed by atoms with Gasteiger partial charge in [-0.3, -0.25) is 9.59 Å². The molecular weight excluding hydrogens is 352 g/mol. The summed E-state index contributed by atoms with van der Waals surface area (Å²) in [6.07, 6.45) is 0.581. The van der Waals surface area contributed by atoms with Crippen molar-refractivity contribution >= 4 is 28.8 Å². The number of methoxy groups -OCH3 is 1. The van der Waals surface area contributed by atoms with Crippen molar-refractivity contribution in [1.82, 2.24) is 4.90 Å². The van der Waals surface area contributed by atoms with Crippen LogP contribution in [0.3, 0.4) is 0 Å². The molecule has 1 saturated heterocycles. The van der Waals surface area contributed by atoms with Crippen molar-refractivity contribution in [3.05, 3.63) is 57.8 Å². The third kappa shape index (κ3) is 3.23. The van der Waals surface area contributed by atoms with E-state index in [1.807, 2.05) is 17.5 Å². The van der Waals surface area contributed by atoms with Crippen molar-refractivity contribution in [2.75, 3.05) is 20.2 Å². The number of carbonyl (C=O) groups excluding carboxylic acids is 2. The Morgan fingerprint density at radius 2 is 2.00 bits per heavy atom. The number of aliphatic hydroxyl groups is 1. The largest absolute Gasteiger partial charge is 0.507 e. The Bertz CT molecular complexity index is 828. The number of ketones is 1. The van der Waals surface area contributed by atoms with Gasteiger partial charge in [-0.1, -0.05) is 6.07 Å². The molecule has 6 nitrogen and oxygen atoms in total. The van der Waals surface area contributed by atoms with Gasteiger partial charge >= 0.3 is 0 Å². The zero-order valence-corrected chi connectivity index (χ0v) is 15.2. The lowest BCUT2D eigenvalue weighted by molar-refractivity contribution is -0.139. The number of likely N-dealkylation sites (tertiary alicyclic amines) is 1. The van der Waals surface area contributed by atoms with Gasteiger partial charge in [0.25, 0.3) is 11.7 Å². The third-order valence-electron chi connectivity index (χ3n) is 4.32. The maximum Gasteiger partial charge on any atom is 0.295 e. The molecule has 2 heterocycles. The summed E-state index contributed by atoms with van der Waals surface area (Å²) < 4.78 is 5.12. The predicted molar refractivity (Wildman–Crippen MR) is 100.0 cm³/mol. The normalized spacial score (nSPS) is 19.2. The molecule has 3 N–H and O–H groups in total. The second-order valence-corrected chi connectivity index (χ2v) is 6.86. The zero-order chi connectivity index (χ0) is 18.7. The number of hydrogen-bond donors (Lipinski definition) is 2. The Labute approximate surface area is 155 Å². The summed E-state index contributed by atoms with van der Waals surface area (Å²) in [6.45, 7) is 0.779. The molecule has 0 radical (unpaired) electrons. The van der Waals surface area contributed by atoms with E-state index in [1.165, 1.54) is 16.2 Å². The van der Waals surface area contributed by atoms with Crippen molar-refractivity contribution in [2.24, 2.45) is 5.73 Å². The van der Waals surface area contributed by atoms with E-state index < -0.39 is 17.7 Å². The predicted octanol–water partition coefficient (Wildman–Crippen LogP) is 2.53. The Morgan fingerprint density at radius 3 is 2.58 bits per heavy atom. The number of ether oxygens (including phenoxy) is 1.